The average Bonchev–Trinajstić information content (AvgIpc) is 2.87. The summed E-state index contributed by atoms with van der Waals surface area (Å²) in [6.45, 7) is 5.49. The summed E-state index contributed by atoms with van der Waals surface area (Å²) in [7, 11) is 0. The van der Waals surface area contributed by atoms with E-state index < -0.39 is 0 Å². The lowest BCUT2D eigenvalue weighted by Crippen LogP contribution is -2.39. The van der Waals surface area contributed by atoms with Crippen molar-refractivity contribution < 1.29 is 9.59 Å². The Labute approximate surface area is 139 Å². The highest BCUT2D eigenvalue weighted by Crippen LogP contribution is 2.15. The first-order valence-electron chi connectivity index (χ1n) is 7.27. The smallest absolute Gasteiger partial charge is 0.272 e. The fraction of sp³-hybridized carbons (Fsp3) is 0.312. The molecule has 0 atom stereocenters. The molecule has 23 heavy (non-hydrogen) atoms. The molecule has 0 bridgehead atoms. The van der Waals surface area contributed by atoms with Crippen LogP contribution in [-0.2, 0) is 4.79 Å². The Balaban J connectivity index is 2.06. The van der Waals surface area contributed by atoms with Gasteiger partial charge in [0.2, 0.25) is 5.91 Å². The average molecular weight is 335 g/mol. The minimum atomic E-state index is -0.389. The summed E-state index contributed by atoms with van der Waals surface area (Å²) in [6, 6.07) is 8.86. The van der Waals surface area contributed by atoms with Crippen LogP contribution in [0.1, 0.15) is 30.0 Å². The van der Waals surface area contributed by atoms with Crippen molar-refractivity contribution in [3.8, 4) is 5.69 Å². The Morgan fingerprint density at radius 2 is 1.91 bits per heavy atom. The zero-order valence-corrected chi connectivity index (χ0v) is 14.0. The van der Waals surface area contributed by atoms with E-state index in [0.717, 1.165) is 11.4 Å². The number of aromatic nitrogens is 2. The van der Waals surface area contributed by atoms with Crippen LogP contribution in [0.15, 0.2) is 30.3 Å². The molecule has 0 radical (unpaired) electrons. The SMILES string of the molecule is Cc1cc(C(=O)NCC(=O)NC(C)C)nn1-c1ccc(Cl)cc1. The number of hydrogen-bond acceptors (Lipinski definition) is 3. The predicted molar refractivity (Wildman–Crippen MR) is 88.9 cm³/mol. The van der Waals surface area contributed by atoms with Gasteiger partial charge in [-0.2, -0.15) is 5.10 Å². The van der Waals surface area contributed by atoms with Gasteiger partial charge in [0.15, 0.2) is 5.69 Å². The predicted octanol–water partition coefficient (Wildman–Crippen LogP) is 2.09. The maximum absolute atomic E-state index is 12.1. The van der Waals surface area contributed by atoms with Crippen LogP contribution in [0.4, 0.5) is 0 Å². The van der Waals surface area contributed by atoms with Crippen molar-refractivity contribution in [3.05, 3.63) is 46.7 Å². The van der Waals surface area contributed by atoms with Crippen molar-refractivity contribution in [1.29, 1.82) is 0 Å². The van der Waals surface area contributed by atoms with Crippen LogP contribution in [-0.4, -0.2) is 34.2 Å². The Morgan fingerprint density at radius 3 is 2.52 bits per heavy atom. The maximum Gasteiger partial charge on any atom is 0.272 e. The third-order valence-corrected chi connectivity index (χ3v) is 3.30. The van der Waals surface area contributed by atoms with Crippen molar-refractivity contribution in [2.24, 2.45) is 0 Å². The molecule has 0 unspecified atom stereocenters. The molecule has 1 aromatic heterocycles. The van der Waals surface area contributed by atoms with E-state index in [0.29, 0.717) is 5.02 Å². The lowest BCUT2D eigenvalue weighted by Gasteiger charge is -2.08. The molecule has 0 spiro atoms. The van der Waals surface area contributed by atoms with Crippen LogP contribution in [0, 0.1) is 6.92 Å². The van der Waals surface area contributed by atoms with Crippen molar-refractivity contribution >= 4 is 23.4 Å². The van der Waals surface area contributed by atoms with Crippen LogP contribution in [0.3, 0.4) is 0 Å². The summed E-state index contributed by atoms with van der Waals surface area (Å²) in [5.74, 6) is -0.623. The van der Waals surface area contributed by atoms with Gasteiger partial charge in [0, 0.05) is 16.8 Å². The van der Waals surface area contributed by atoms with Gasteiger partial charge < -0.3 is 10.6 Å². The van der Waals surface area contributed by atoms with Gasteiger partial charge in [-0.3, -0.25) is 9.59 Å². The van der Waals surface area contributed by atoms with Crippen LogP contribution in [0.25, 0.3) is 5.69 Å². The van der Waals surface area contributed by atoms with E-state index in [1.807, 2.05) is 32.9 Å². The normalized spacial score (nSPS) is 10.7. The number of halogens is 1. The van der Waals surface area contributed by atoms with Gasteiger partial charge >= 0.3 is 0 Å². The number of nitrogens with one attached hydrogen (secondary N) is 2. The molecule has 122 valence electrons. The van der Waals surface area contributed by atoms with Crippen LogP contribution in [0.5, 0.6) is 0 Å². The van der Waals surface area contributed by atoms with Gasteiger partial charge in [0.1, 0.15) is 0 Å². The van der Waals surface area contributed by atoms with Gasteiger partial charge in [-0.25, -0.2) is 4.68 Å². The quantitative estimate of drug-likeness (QED) is 0.879. The summed E-state index contributed by atoms with van der Waals surface area (Å²) in [5.41, 5.74) is 1.88. The largest absolute Gasteiger partial charge is 0.352 e. The summed E-state index contributed by atoms with van der Waals surface area (Å²) >= 11 is 5.87. The van der Waals surface area contributed by atoms with Crippen molar-refractivity contribution in [2.75, 3.05) is 6.54 Å². The molecular formula is C16H19ClN4O2. The Hall–Kier alpha value is -2.34. The Kier molecular flexibility index (Phi) is 5.39. The number of aryl methyl sites for hydroxylation is 1. The second kappa shape index (κ2) is 7.28. The molecule has 0 aliphatic heterocycles. The standard InChI is InChI=1S/C16H19ClN4O2/c1-10(2)19-15(22)9-18-16(23)14-8-11(3)21(20-14)13-6-4-12(17)5-7-13/h4-8,10H,9H2,1-3H3,(H,18,23)(H,19,22). The first-order valence-corrected chi connectivity index (χ1v) is 7.65. The molecular weight excluding hydrogens is 316 g/mol. The highest BCUT2D eigenvalue weighted by Gasteiger charge is 2.14. The third-order valence-electron chi connectivity index (χ3n) is 3.05. The monoisotopic (exact) mass is 334 g/mol. The number of hydrogen-bond donors (Lipinski definition) is 2. The number of carbonyl (C=O) groups excluding carboxylic acids is 2. The van der Waals surface area contributed by atoms with Crippen LogP contribution < -0.4 is 10.6 Å². The van der Waals surface area contributed by atoms with Crippen molar-refractivity contribution in [3.63, 3.8) is 0 Å². The van der Waals surface area contributed by atoms with Gasteiger partial charge in [-0.1, -0.05) is 11.6 Å². The summed E-state index contributed by atoms with van der Waals surface area (Å²) in [5, 5.41) is 10.2. The van der Waals surface area contributed by atoms with Crippen LogP contribution in [0.2, 0.25) is 5.02 Å². The molecule has 0 saturated heterocycles. The van der Waals surface area contributed by atoms with E-state index in [1.54, 1.807) is 22.9 Å². The second-order valence-corrected chi connectivity index (χ2v) is 5.90. The molecule has 7 heteroatoms. The molecule has 2 amide bonds. The fourth-order valence-electron chi connectivity index (χ4n) is 2.05. The molecule has 2 rings (SSSR count). The maximum atomic E-state index is 12.1. The molecule has 0 aliphatic carbocycles. The van der Waals surface area contributed by atoms with E-state index in [2.05, 4.69) is 15.7 Å². The summed E-state index contributed by atoms with van der Waals surface area (Å²) in [4.78, 5) is 23.6. The molecule has 1 heterocycles. The van der Waals surface area contributed by atoms with E-state index in [9.17, 15) is 9.59 Å². The number of rotatable bonds is 5. The van der Waals surface area contributed by atoms with E-state index in [4.69, 9.17) is 11.6 Å². The number of carbonyl (C=O) groups is 2. The van der Waals surface area contributed by atoms with Gasteiger partial charge in [0.25, 0.3) is 5.91 Å². The van der Waals surface area contributed by atoms with E-state index >= 15 is 0 Å². The van der Waals surface area contributed by atoms with Gasteiger partial charge in [0.05, 0.1) is 12.2 Å². The Bertz CT molecular complexity index is 707. The molecule has 6 nitrogen and oxygen atoms in total. The van der Waals surface area contributed by atoms with E-state index in [1.165, 1.54) is 0 Å². The highest BCUT2D eigenvalue weighted by molar-refractivity contribution is 6.30. The number of nitrogens with zero attached hydrogens (tertiary/aromatic N) is 2. The first-order chi connectivity index (χ1) is 10.9. The third kappa shape index (κ3) is 4.56. The topological polar surface area (TPSA) is 76.0 Å². The van der Waals surface area contributed by atoms with Crippen molar-refractivity contribution in [2.45, 2.75) is 26.8 Å². The highest BCUT2D eigenvalue weighted by atomic mass is 35.5. The lowest BCUT2D eigenvalue weighted by atomic mass is 10.3. The first kappa shape index (κ1) is 17.0. The molecule has 2 aromatic rings. The second-order valence-electron chi connectivity index (χ2n) is 5.46. The zero-order valence-electron chi connectivity index (χ0n) is 13.3. The summed E-state index contributed by atoms with van der Waals surface area (Å²) in [6.07, 6.45) is 0. The molecule has 0 saturated carbocycles. The number of amides is 2. The molecule has 0 aliphatic rings. The molecule has 0 fully saturated rings. The van der Waals surface area contributed by atoms with Crippen molar-refractivity contribution in [1.82, 2.24) is 20.4 Å². The molecule has 2 N–H and O–H groups in total. The van der Waals surface area contributed by atoms with Gasteiger partial charge in [-0.15, -0.1) is 0 Å². The lowest BCUT2D eigenvalue weighted by molar-refractivity contribution is -0.120. The van der Waals surface area contributed by atoms with E-state index in [-0.39, 0.29) is 30.1 Å². The Morgan fingerprint density at radius 1 is 1.26 bits per heavy atom. The summed E-state index contributed by atoms with van der Waals surface area (Å²) < 4.78 is 1.65. The minimum absolute atomic E-state index is 0.0331. The fourth-order valence-corrected chi connectivity index (χ4v) is 2.18. The number of benzene rings is 1. The van der Waals surface area contributed by atoms with Gasteiger partial charge in [-0.05, 0) is 51.1 Å². The van der Waals surface area contributed by atoms with Crippen LogP contribution >= 0.6 is 11.6 Å². The molecule has 1 aromatic carbocycles. The minimum Gasteiger partial charge on any atom is -0.352 e. The zero-order chi connectivity index (χ0) is 17.0.